The number of carbonyl (C=O) groups excluding carboxylic acids is 1. The summed E-state index contributed by atoms with van der Waals surface area (Å²) in [6, 6.07) is 20.3. The van der Waals surface area contributed by atoms with Crippen LogP contribution in [0.3, 0.4) is 0 Å². The van der Waals surface area contributed by atoms with E-state index in [9.17, 15) is 13.2 Å². The minimum absolute atomic E-state index is 0.0868. The first-order valence-electron chi connectivity index (χ1n) is 11.3. The molecule has 0 saturated carbocycles. The number of ether oxygens (including phenoxy) is 2. The first-order valence-corrected chi connectivity index (χ1v) is 13.6. The van der Waals surface area contributed by atoms with Crippen molar-refractivity contribution in [2.45, 2.75) is 18.4 Å². The number of methoxy groups -OCH3 is 1. The van der Waals surface area contributed by atoms with E-state index in [1.165, 1.54) is 47.0 Å². The van der Waals surface area contributed by atoms with E-state index in [4.69, 9.17) is 9.47 Å². The second kappa shape index (κ2) is 11.1. The molecule has 0 unspecified atom stereocenters. The highest BCUT2D eigenvalue weighted by atomic mass is 32.2. The van der Waals surface area contributed by atoms with E-state index in [-0.39, 0.29) is 10.5 Å². The van der Waals surface area contributed by atoms with Gasteiger partial charge in [-0.15, -0.1) is 0 Å². The van der Waals surface area contributed by atoms with E-state index >= 15 is 0 Å². The molecule has 8 nitrogen and oxygen atoms in total. The molecule has 10 heteroatoms. The Morgan fingerprint density at radius 1 is 1.03 bits per heavy atom. The van der Waals surface area contributed by atoms with Crippen LogP contribution in [0.15, 0.2) is 82.7 Å². The fourth-order valence-electron chi connectivity index (χ4n) is 3.71. The number of aromatic nitrogens is 1. The van der Waals surface area contributed by atoms with Crippen LogP contribution in [0.4, 0.5) is 5.69 Å². The molecule has 0 aliphatic rings. The summed E-state index contributed by atoms with van der Waals surface area (Å²) >= 11 is 1.38. The van der Waals surface area contributed by atoms with E-state index < -0.39 is 15.9 Å². The maximum atomic E-state index is 13.0. The molecule has 0 saturated heterocycles. The molecular weight excluding hydrogens is 498 g/mol. The lowest BCUT2D eigenvalue weighted by Gasteiger charge is -2.19. The molecule has 0 fully saturated rings. The van der Waals surface area contributed by atoms with Crippen LogP contribution in [0, 0.1) is 0 Å². The van der Waals surface area contributed by atoms with Gasteiger partial charge in [-0.1, -0.05) is 35.6 Å². The molecule has 0 radical (unpaired) electrons. The lowest BCUT2D eigenvalue weighted by Crippen LogP contribution is -2.26. The number of para-hydroxylation sites is 2. The van der Waals surface area contributed by atoms with Crippen LogP contribution < -0.4 is 13.8 Å². The number of rotatable bonds is 9. The van der Waals surface area contributed by atoms with E-state index in [0.717, 1.165) is 10.2 Å². The zero-order valence-corrected chi connectivity index (χ0v) is 21.9. The Kier molecular flexibility index (Phi) is 7.88. The second-order valence-electron chi connectivity index (χ2n) is 7.79. The molecule has 0 aliphatic heterocycles. The van der Waals surface area contributed by atoms with Gasteiger partial charge in [0.05, 0.1) is 29.0 Å². The summed E-state index contributed by atoms with van der Waals surface area (Å²) in [5, 5.41) is 0. The van der Waals surface area contributed by atoms with Crippen LogP contribution in [-0.4, -0.2) is 46.3 Å². The SMILES string of the molecule is CCOCCn1c(=NC(=O)c2ccc(S(=O)(=O)N(C)c3ccccc3)cc2)sc2cccc(OC)c21. The summed E-state index contributed by atoms with van der Waals surface area (Å²) in [5.41, 5.74) is 1.68. The third-order valence-electron chi connectivity index (χ3n) is 5.62. The fourth-order valence-corrected chi connectivity index (χ4v) is 5.98. The van der Waals surface area contributed by atoms with Crippen molar-refractivity contribution in [1.82, 2.24) is 4.57 Å². The summed E-state index contributed by atoms with van der Waals surface area (Å²) < 4.78 is 41.2. The Morgan fingerprint density at radius 3 is 2.42 bits per heavy atom. The van der Waals surface area contributed by atoms with Gasteiger partial charge in [-0.25, -0.2) is 8.42 Å². The average Bonchev–Trinajstić information content (AvgIpc) is 3.25. The predicted octanol–water partition coefficient (Wildman–Crippen LogP) is 4.31. The van der Waals surface area contributed by atoms with Gasteiger partial charge in [-0.2, -0.15) is 4.99 Å². The molecule has 0 bridgehead atoms. The summed E-state index contributed by atoms with van der Waals surface area (Å²) in [6.07, 6.45) is 0. The van der Waals surface area contributed by atoms with E-state index in [1.54, 1.807) is 31.4 Å². The number of nitrogens with zero attached hydrogens (tertiary/aromatic N) is 3. The van der Waals surface area contributed by atoms with Gasteiger partial charge in [0.2, 0.25) is 0 Å². The Bertz CT molecular complexity index is 1530. The number of anilines is 1. The molecular formula is C26H27N3O5S2. The summed E-state index contributed by atoms with van der Waals surface area (Å²) in [6.45, 7) is 3.47. The standard InChI is InChI=1S/C26H27N3O5S2/c1-4-34-18-17-29-24-22(33-3)11-8-12-23(24)35-26(29)27-25(30)19-13-15-21(16-14-19)36(31,32)28(2)20-9-6-5-7-10-20/h5-16H,4,17-18H2,1-3H3. The van der Waals surface area contributed by atoms with Crippen LogP contribution in [0.5, 0.6) is 5.75 Å². The van der Waals surface area contributed by atoms with Gasteiger partial charge in [0.15, 0.2) is 4.80 Å². The van der Waals surface area contributed by atoms with Crippen molar-refractivity contribution >= 4 is 43.2 Å². The molecule has 36 heavy (non-hydrogen) atoms. The number of fused-ring (bicyclic) bond motifs is 1. The van der Waals surface area contributed by atoms with Crippen LogP contribution in [0.2, 0.25) is 0 Å². The molecule has 4 aromatic rings. The van der Waals surface area contributed by atoms with Gasteiger partial charge in [0.25, 0.3) is 15.9 Å². The number of carbonyl (C=O) groups is 1. The van der Waals surface area contributed by atoms with Crippen LogP contribution >= 0.6 is 11.3 Å². The molecule has 4 rings (SSSR count). The lowest BCUT2D eigenvalue weighted by molar-refractivity contribution is 0.0996. The summed E-state index contributed by atoms with van der Waals surface area (Å²) in [4.78, 5) is 18.0. The summed E-state index contributed by atoms with van der Waals surface area (Å²) in [7, 11) is -0.677. The Hall–Kier alpha value is -3.47. The van der Waals surface area contributed by atoms with Crippen LogP contribution in [0.1, 0.15) is 17.3 Å². The summed E-state index contributed by atoms with van der Waals surface area (Å²) in [5.74, 6) is 0.220. The zero-order valence-electron chi connectivity index (χ0n) is 20.2. The van der Waals surface area contributed by atoms with Crippen molar-refractivity contribution < 1.29 is 22.7 Å². The van der Waals surface area contributed by atoms with Gasteiger partial charge in [-0.05, 0) is 55.5 Å². The van der Waals surface area contributed by atoms with Crippen molar-refractivity contribution in [2.75, 3.05) is 31.7 Å². The van der Waals surface area contributed by atoms with Gasteiger partial charge in [-0.3, -0.25) is 9.10 Å². The predicted molar refractivity (Wildman–Crippen MR) is 141 cm³/mol. The maximum Gasteiger partial charge on any atom is 0.279 e. The highest BCUT2D eigenvalue weighted by molar-refractivity contribution is 7.92. The number of thiazole rings is 1. The van der Waals surface area contributed by atoms with Gasteiger partial charge in [0, 0.05) is 25.8 Å². The molecule has 0 spiro atoms. The third kappa shape index (κ3) is 5.20. The zero-order chi connectivity index (χ0) is 25.7. The highest BCUT2D eigenvalue weighted by Crippen LogP contribution is 2.27. The molecule has 0 N–H and O–H groups in total. The van der Waals surface area contributed by atoms with Crippen molar-refractivity contribution in [2.24, 2.45) is 4.99 Å². The number of hydrogen-bond donors (Lipinski definition) is 0. The number of hydrogen-bond acceptors (Lipinski definition) is 6. The van der Waals surface area contributed by atoms with E-state index in [1.807, 2.05) is 35.8 Å². The largest absolute Gasteiger partial charge is 0.495 e. The normalized spacial score (nSPS) is 12.1. The van der Waals surface area contributed by atoms with E-state index in [2.05, 4.69) is 4.99 Å². The Labute approximate surface area is 214 Å². The van der Waals surface area contributed by atoms with Crippen molar-refractivity contribution in [3.63, 3.8) is 0 Å². The second-order valence-corrected chi connectivity index (χ2v) is 10.8. The van der Waals surface area contributed by atoms with Crippen molar-refractivity contribution in [1.29, 1.82) is 0 Å². The molecule has 3 aromatic carbocycles. The minimum atomic E-state index is -3.78. The quantitative estimate of drug-likeness (QED) is 0.304. The molecule has 0 atom stereocenters. The maximum absolute atomic E-state index is 13.0. The van der Waals surface area contributed by atoms with E-state index in [0.29, 0.717) is 36.0 Å². The first-order chi connectivity index (χ1) is 17.4. The molecule has 1 aromatic heterocycles. The van der Waals surface area contributed by atoms with Crippen molar-refractivity contribution in [3.05, 3.63) is 83.2 Å². The van der Waals surface area contributed by atoms with Gasteiger partial charge in [0.1, 0.15) is 11.3 Å². The molecule has 0 aliphatic carbocycles. The topological polar surface area (TPSA) is 90.2 Å². The van der Waals surface area contributed by atoms with Crippen LogP contribution in [-0.2, 0) is 21.3 Å². The third-order valence-corrected chi connectivity index (χ3v) is 8.47. The molecule has 1 amide bonds. The monoisotopic (exact) mass is 525 g/mol. The minimum Gasteiger partial charge on any atom is -0.495 e. The molecule has 1 heterocycles. The van der Waals surface area contributed by atoms with Crippen molar-refractivity contribution in [3.8, 4) is 5.75 Å². The van der Waals surface area contributed by atoms with Gasteiger partial charge < -0.3 is 14.0 Å². The lowest BCUT2D eigenvalue weighted by atomic mass is 10.2. The number of amides is 1. The number of sulfonamides is 1. The Balaban J connectivity index is 1.67. The average molecular weight is 526 g/mol. The van der Waals surface area contributed by atoms with Gasteiger partial charge >= 0.3 is 0 Å². The number of benzene rings is 3. The fraction of sp³-hybridized carbons (Fsp3) is 0.231. The Morgan fingerprint density at radius 2 is 1.75 bits per heavy atom. The molecule has 188 valence electrons. The highest BCUT2D eigenvalue weighted by Gasteiger charge is 2.21. The smallest absolute Gasteiger partial charge is 0.279 e. The first kappa shape index (κ1) is 25.6. The van der Waals surface area contributed by atoms with Crippen LogP contribution in [0.25, 0.3) is 10.2 Å².